The third kappa shape index (κ3) is 3.76. The zero-order valence-corrected chi connectivity index (χ0v) is 10.7. The van der Waals surface area contributed by atoms with Crippen LogP contribution >= 0.6 is 0 Å². The third-order valence-corrected chi connectivity index (χ3v) is 3.21. The predicted molar refractivity (Wildman–Crippen MR) is 67.4 cm³/mol. The molecule has 1 aromatic rings. The summed E-state index contributed by atoms with van der Waals surface area (Å²) in [7, 11) is 1.88. The van der Waals surface area contributed by atoms with Crippen molar-refractivity contribution in [2.75, 3.05) is 31.6 Å². The average Bonchev–Trinajstić information content (AvgIpc) is 2.76. The van der Waals surface area contributed by atoms with Crippen LogP contribution in [0.25, 0.3) is 0 Å². The van der Waals surface area contributed by atoms with Crippen molar-refractivity contribution in [1.82, 2.24) is 5.32 Å². The zero-order valence-electron chi connectivity index (χ0n) is 10.7. The Labute approximate surface area is 110 Å². The minimum absolute atomic E-state index is 0.125. The van der Waals surface area contributed by atoms with Crippen LogP contribution in [-0.4, -0.2) is 33.0 Å². The second-order valence-corrected chi connectivity index (χ2v) is 4.67. The van der Waals surface area contributed by atoms with Gasteiger partial charge in [0.2, 0.25) is 0 Å². The number of nitrogens with zero attached hydrogens (tertiary/aromatic N) is 1. The minimum atomic E-state index is -4.65. The molecule has 1 saturated heterocycles. The van der Waals surface area contributed by atoms with Crippen LogP contribution in [0.15, 0.2) is 24.3 Å². The number of anilines is 1. The molecular weight excluding hydrogens is 257 g/mol. The van der Waals surface area contributed by atoms with Crippen LogP contribution in [0.1, 0.15) is 6.42 Å². The molecule has 0 aliphatic carbocycles. The van der Waals surface area contributed by atoms with Crippen molar-refractivity contribution in [1.29, 1.82) is 0 Å². The van der Waals surface area contributed by atoms with Crippen molar-refractivity contribution >= 4 is 5.69 Å². The van der Waals surface area contributed by atoms with E-state index >= 15 is 0 Å². The van der Waals surface area contributed by atoms with Gasteiger partial charge in [0, 0.05) is 13.1 Å². The quantitative estimate of drug-likeness (QED) is 0.913. The Bertz CT molecular complexity index is 423. The molecule has 1 heterocycles. The molecule has 0 amide bonds. The highest BCUT2D eigenvalue weighted by molar-refractivity contribution is 5.59. The summed E-state index contributed by atoms with van der Waals surface area (Å²) in [5.74, 6) is 0.337. The predicted octanol–water partition coefficient (Wildman–Crippen LogP) is 2.63. The highest BCUT2D eigenvalue weighted by atomic mass is 19.4. The number of halogens is 3. The normalized spacial score (nSPS) is 19.8. The van der Waals surface area contributed by atoms with E-state index in [-0.39, 0.29) is 5.75 Å². The molecule has 1 N–H and O–H groups in total. The maximum Gasteiger partial charge on any atom is 0.573 e. The second-order valence-electron chi connectivity index (χ2n) is 4.67. The fourth-order valence-corrected chi connectivity index (χ4v) is 2.44. The summed E-state index contributed by atoms with van der Waals surface area (Å²) < 4.78 is 41.1. The van der Waals surface area contributed by atoms with Gasteiger partial charge in [-0.2, -0.15) is 0 Å². The van der Waals surface area contributed by atoms with Gasteiger partial charge in [0.05, 0.1) is 5.69 Å². The van der Waals surface area contributed by atoms with E-state index < -0.39 is 6.36 Å². The van der Waals surface area contributed by atoms with Crippen LogP contribution in [-0.2, 0) is 0 Å². The van der Waals surface area contributed by atoms with E-state index in [0.29, 0.717) is 11.6 Å². The Hall–Kier alpha value is -1.43. The van der Waals surface area contributed by atoms with E-state index in [1.165, 1.54) is 6.07 Å². The number of alkyl halides is 3. The highest BCUT2D eigenvalue weighted by Crippen LogP contribution is 2.35. The van der Waals surface area contributed by atoms with E-state index in [0.717, 1.165) is 26.1 Å². The molecule has 1 unspecified atom stereocenters. The molecule has 2 rings (SSSR count). The van der Waals surface area contributed by atoms with Gasteiger partial charge in [-0.25, -0.2) is 0 Å². The van der Waals surface area contributed by atoms with Crippen LogP contribution in [0, 0.1) is 5.92 Å². The summed E-state index contributed by atoms with van der Waals surface area (Å²) in [6.07, 6.45) is -3.68. The number of hydrogen-bond acceptors (Lipinski definition) is 3. The van der Waals surface area contributed by atoms with E-state index in [2.05, 4.69) is 10.1 Å². The molecule has 0 aromatic heterocycles. The van der Waals surface area contributed by atoms with E-state index in [9.17, 15) is 13.2 Å². The molecule has 1 aromatic carbocycles. The highest BCUT2D eigenvalue weighted by Gasteiger charge is 2.33. The first kappa shape index (κ1) is 14.0. The van der Waals surface area contributed by atoms with Gasteiger partial charge in [-0.3, -0.25) is 0 Å². The molecule has 106 valence electrons. The summed E-state index contributed by atoms with van der Waals surface area (Å²) in [4.78, 5) is 1.95. The molecule has 3 nitrogen and oxygen atoms in total. The van der Waals surface area contributed by atoms with Crippen molar-refractivity contribution in [3.05, 3.63) is 24.3 Å². The van der Waals surface area contributed by atoms with Gasteiger partial charge in [0.25, 0.3) is 0 Å². The Kier molecular flexibility index (Phi) is 4.19. The largest absolute Gasteiger partial charge is 0.573 e. The van der Waals surface area contributed by atoms with Crippen LogP contribution in [0.3, 0.4) is 0 Å². The molecule has 19 heavy (non-hydrogen) atoms. The van der Waals surface area contributed by atoms with Crippen molar-refractivity contribution in [2.24, 2.45) is 5.92 Å². The van der Waals surface area contributed by atoms with E-state index in [1.807, 2.05) is 11.9 Å². The molecule has 1 atom stereocenters. The summed E-state index contributed by atoms with van der Waals surface area (Å²) in [5.41, 5.74) is 0.512. The van der Waals surface area contributed by atoms with Crippen molar-refractivity contribution in [2.45, 2.75) is 12.8 Å². The number of para-hydroxylation sites is 2. The van der Waals surface area contributed by atoms with E-state index in [4.69, 9.17) is 0 Å². The first-order chi connectivity index (χ1) is 8.99. The van der Waals surface area contributed by atoms with Gasteiger partial charge in [-0.05, 0) is 38.1 Å². The summed E-state index contributed by atoms with van der Waals surface area (Å²) in [6, 6.07) is 6.30. The Morgan fingerprint density at radius 2 is 2.11 bits per heavy atom. The fraction of sp³-hybridized carbons (Fsp3) is 0.538. The molecule has 1 aliphatic rings. The van der Waals surface area contributed by atoms with Crippen LogP contribution in [0.4, 0.5) is 18.9 Å². The lowest BCUT2D eigenvalue weighted by Gasteiger charge is -2.22. The molecule has 1 fully saturated rings. The Morgan fingerprint density at radius 1 is 1.37 bits per heavy atom. The summed E-state index contributed by atoms with van der Waals surface area (Å²) >= 11 is 0. The smallest absolute Gasteiger partial charge is 0.404 e. The van der Waals surface area contributed by atoms with Crippen LogP contribution in [0.2, 0.25) is 0 Å². The van der Waals surface area contributed by atoms with Gasteiger partial charge < -0.3 is 15.0 Å². The fourth-order valence-electron chi connectivity index (χ4n) is 2.44. The van der Waals surface area contributed by atoms with Gasteiger partial charge in [0.15, 0.2) is 5.75 Å². The molecule has 0 bridgehead atoms. The maximum atomic E-state index is 12.4. The third-order valence-electron chi connectivity index (χ3n) is 3.21. The van der Waals surface area contributed by atoms with Gasteiger partial charge in [0.1, 0.15) is 0 Å². The SMILES string of the molecule is CNCC1CCN(c2ccccc2OC(F)(F)F)C1. The molecule has 0 radical (unpaired) electrons. The Morgan fingerprint density at radius 3 is 2.79 bits per heavy atom. The molecule has 1 aliphatic heterocycles. The molecule has 0 saturated carbocycles. The first-order valence-electron chi connectivity index (χ1n) is 6.24. The topological polar surface area (TPSA) is 24.5 Å². The van der Waals surface area contributed by atoms with Crippen LogP contribution in [0.5, 0.6) is 5.75 Å². The maximum absolute atomic E-state index is 12.4. The second kappa shape index (κ2) is 5.69. The minimum Gasteiger partial charge on any atom is -0.404 e. The molecule has 0 spiro atoms. The van der Waals surface area contributed by atoms with Gasteiger partial charge in [-0.1, -0.05) is 12.1 Å². The van der Waals surface area contributed by atoms with E-state index in [1.54, 1.807) is 18.2 Å². The molecular formula is C13H17F3N2O. The number of ether oxygens (including phenoxy) is 1. The van der Waals surface area contributed by atoms with Crippen molar-refractivity contribution in [3.63, 3.8) is 0 Å². The summed E-state index contributed by atoms with van der Waals surface area (Å²) in [6.45, 7) is 2.38. The van der Waals surface area contributed by atoms with Gasteiger partial charge >= 0.3 is 6.36 Å². The monoisotopic (exact) mass is 274 g/mol. The number of hydrogen-bond donors (Lipinski definition) is 1. The summed E-state index contributed by atoms with van der Waals surface area (Å²) in [5, 5.41) is 3.10. The first-order valence-corrected chi connectivity index (χ1v) is 6.24. The standard InChI is InChI=1S/C13H17F3N2O/c1-17-8-10-6-7-18(9-10)11-4-2-3-5-12(11)19-13(14,15)16/h2-5,10,17H,6-9H2,1H3. The zero-order chi connectivity index (χ0) is 13.9. The van der Waals surface area contributed by atoms with Gasteiger partial charge in [-0.15, -0.1) is 13.2 Å². The van der Waals surface area contributed by atoms with Crippen LogP contribution < -0.4 is 15.0 Å². The lowest BCUT2D eigenvalue weighted by molar-refractivity contribution is -0.274. The number of benzene rings is 1. The Balaban J connectivity index is 2.12. The average molecular weight is 274 g/mol. The molecule has 6 heteroatoms. The number of rotatable bonds is 4. The van der Waals surface area contributed by atoms with Crippen molar-refractivity contribution in [3.8, 4) is 5.75 Å². The number of nitrogens with one attached hydrogen (secondary N) is 1. The lowest BCUT2D eigenvalue weighted by atomic mass is 10.1. The van der Waals surface area contributed by atoms with Crippen molar-refractivity contribution < 1.29 is 17.9 Å². The lowest BCUT2D eigenvalue weighted by Crippen LogP contribution is -2.25.